The molecule has 0 aliphatic rings. The second kappa shape index (κ2) is 15.1. The van der Waals surface area contributed by atoms with Gasteiger partial charge in [-0.15, -0.1) is 9.24 Å². The minimum Gasteiger partial charge on any atom is -0.133 e. The van der Waals surface area contributed by atoms with Gasteiger partial charge in [0.15, 0.2) is 0 Å². The number of rotatable bonds is 12. The molecule has 0 aliphatic heterocycles. The molecule has 0 amide bonds. The van der Waals surface area contributed by atoms with Gasteiger partial charge in [0.1, 0.15) is 0 Å². The van der Waals surface area contributed by atoms with Gasteiger partial charge in [-0.25, -0.2) is 0 Å². The Morgan fingerprint density at radius 2 is 0.705 bits per heavy atom. The summed E-state index contributed by atoms with van der Waals surface area (Å²) in [5.74, 6) is 0. The molecule has 0 radical (unpaired) electrons. The van der Waals surface area contributed by atoms with E-state index in [9.17, 15) is 0 Å². The van der Waals surface area contributed by atoms with Gasteiger partial charge in [-0.1, -0.05) is 182 Å². The first-order valence-electron chi connectivity index (χ1n) is 15.4. The highest BCUT2D eigenvalue weighted by Gasteiger charge is 2.41. The molecule has 0 fully saturated rings. The van der Waals surface area contributed by atoms with E-state index in [0.717, 1.165) is 18.7 Å². The Bertz CT molecular complexity index is 1560. The second-order valence-corrected chi connectivity index (χ2v) is 16.6. The smallest absolute Gasteiger partial charge is 0.0272 e. The van der Waals surface area contributed by atoms with E-state index in [1.807, 2.05) is 0 Å². The predicted octanol–water partition coefficient (Wildman–Crippen LogP) is 8.87. The van der Waals surface area contributed by atoms with Crippen molar-refractivity contribution in [3.05, 3.63) is 193 Å². The fraction of sp³-hybridized carbons (Fsp3) is 0.122. The average Bonchev–Trinajstić information content (AvgIpc) is 3.11. The Labute approximate surface area is 268 Å². The molecule has 0 nitrogen and oxygen atoms in total. The zero-order valence-electron chi connectivity index (χ0n) is 25.0. The van der Waals surface area contributed by atoms with E-state index in [-0.39, 0.29) is 5.41 Å². The van der Waals surface area contributed by atoms with Crippen LogP contribution in [0, 0.1) is 0 Å². The molecule has 6 rings (SSSR count). The summed E-state index contributed by atoms with van der Waals surface area (Å²) < 4.78 is 0. The Hall–Kier alpha value is -3.39. The van der Waals surface area contributed by atoms with Crippen molar-refractivity contribution in [1.82, 2.24) is 0 Å². The molecule has 44 heavy (non-hydrogen) atoms. The van der Waals surface area contributed by atoms with Crippen molar-refractivity contribution in [2.24, 2.45) is 0 Å². The molecular formula is C41H39P3. The highest BCUT2D eigenvalue weighted by atomic mass is 31.1. The van der Waals surface area contributed by atoms with Gasteiger partial charge in [0.2, 0.25) is 0 Å². The molecule has 2 unspecified atom stereocenters. The highest BCUT2D eigenvalue weighted by Crippen LogP contribution is 2.50. The Kier molecular flexibility index (Phi) is 10.5. The zero-order chi connectivity index (χ0) is 30.0. The first kappa shape index (κ1) is 30.6. The van der Waals surface area contributed by atoms with Crippen LogP contribution in [0.3, 0.4) is 0 Å². The summed E-state index contributed by atoms with van der Waals surface area (Å²) in [6, 6.07) is 67.4. The molecular weight excluding hydrogens is 585 g/mol. The number of benzene rings is 6. The van der Waals surface area contributed by atoms with Crippen molar-refractivity contribution in [1.29, 1.82) is 0 Å². The van der Waals surface area contributed by atoms with Crippen LogP contribution >= 0.6 is 25.1 Å². The monoisotopic (exact) mass is 624 g/mol. The van der Waals surface area contributed by atoms with Gasteiger partial charge in [0.05, 0.1) is 0 Å². The van der Waals surface area contributed by atoms with Gasteiger partial charge in [0, 0.05) is 5.41 Å². The number of hydrogen-bond acceptors (Lipinski definition) is 0. The largest absolute Gasteiger partial charge is 0.133 e. The standard InChI is InChI=1S/C41H39P3/c42-40(33-44(38-27-15-5-16-28-38)39-29-17-6-18-30-39)41(34-19-7-1-8-20-34,35-21-9-2-10-22-35)31-32-43(36-23-11-3-12-24-36)37-25-13-4-14-26-37/h1-30,40H,31-33,42H2. The quantitative estimate of drug-likeness (QED) is 0.119. The molecule has 6 aromatic rings. The molecule has 0 saturated heterocycles. The third-order valence-corrected chi connectivity index (χ3v) is 14.9. The van der Waals surface area contributed by atoms with Gasteiger partial charge in [-0.2, -0.15) is 0 Å². The van der Waals surface area contributed by atoms with Gasteiger partial charge in [0.25, 0.3) is 0 Å². The molecule has 3 heteroatoms. The summed E-state index contributed by atoms with van der Waals surface area (Å²) in [4.78, 5) is 0. The van der Waals surface area contributed by atoms with Crippen LogP contribution in [0.5, 0.6) is 0 Å². The molecule has 0 aliphatic carbocycles. The minimum absolute atomic E-state index is 0.179. The summed E-state index contributed by atoms with van der Waals surface area (Å²) in [5.41, 5.74) is 2.93. The van der Waals surface area contributed by atoms with Crippen molar-refractivity contribution < 1.29 is 0 Å². The van der Waals surface area contributed by atoms with Crippen molar-refractivity contribution in [3.63, 3.8) is 0 Å². The van der Waals surface area contributed by atoms with Crippen molar-refractivity contribution in [2.45, 2.75) is 17.5 Å². The molecule has 218 valence electrons. The Morgan fingerprint density at radius 3 is 1.05 bits per heavy atom. The van der Waals surface area contributed by atoms with Gasteiger partial charge < -0.3 is 0 Å². The van der Waals surface area contributed by atoms with Crippen LogP contribution in [0.25, 0.3) is 0 Å². The summed E-state index contributed by atoms with van der Waals surface area (Å²) >= 11 is 0. The van der Waals surface area contributed by atoms with E-state index in [1.54, 1.807) is 0 Å². The van der Waals surface area contributed by atoms with Crippen LogP contribution in [0.2, 0.25) is 0 Å². The van der Waals surface area contributed by atoms with Crippen LogP contribution in [0.15, 0.2) is 182 Å². The zero-order valence-corrected chi connectivity index (χ0v) is 27.9. The Balaban J connectivity index is 1.47. The van der Waals surface area contributed by atoms with Crippen molar-refractivity contribution >= 4 is 46.3 Å². The first-order chi connectivity index (χ1) is 21.8. The van der Waals surface area contributed by atoms with Crippen molar-refractivity contribution in [3.8, 4) is 0 Å². The van der Waals surface area contributed by atoms with Crippen LogP contribution < -0.4 is 21.2 Å². The summed E-state index contributed by atoms with van der Waals surface area (Å²) in [5, 5.41) is 5.76. The van der Waals surface area contributed by atoms with Crippen LogP contribution in [0.1, 0.15) is 17.5 Å². The second-order valence-electron chi connectivity index (χ2n) is 11.2. The van der Waals surface area contributed by atoms with Crippen molar-refractivity contribution in [2.75, 3.05) is 12.3 Å². The SMILES string of the molecule is PC(CP(c1ccccc1)c1ccccc1)C(CCP(c1ccccc1)c1ccccc1)(c1ccccc1)c1ccccc1. The maximum atomic E-state index is 3.38. The molecule has 2 atom stereocenters. The van der Waals surface area contributed by atoms with Gasteiger partial charge >= 0.3 is 0 Å². The van der Waals surface area contributed by atoms with Crippen LogP contribution in [-0.2, 0) is 5.41 Å². The fourth-order valence-electron chi connectivity index (χ4n) is 6.38. The van der Waals surface area contributed by atoms with Crippen LogP contribution in [-0.4, -0.2) is 18.0 Å². The summed E-state index contributed by atoms with van der Waals surface area (Å²) in [6.45, 7) is 0. The van der Waals surface area contributed by atoms with E-state index in [0.29, 0.717) is 5.66 Å². The average molecular weight is 625 g/mol. The predicted molar refractivity (Wildman–Crippen MR) is 200 cm³/mol. The normalized spacial score (nSPS) is 12.3. The summed E-state index contributed by atoms with van der Waals surface area (Å²) in [7, 11) is 2.28. The third kappa shape index (κ3) is 6.96. The molecule has 0 saturated carbocycles. The molecule has 0 bridgehead atoms. The summed E-state index contributed by atoms with van der Waals surface area (Å²) in [6.07, 6.45) is 3.23. The maximum absolute atomic E-state index is 3.38. The highest BCUT2D eigenvalue weighted by molar-refractivity contribution is 7.73. The lowest BCUT2D eigenvalue weighted by Gasteiger charge is -2.43. The molecule has 6 aromatic carbocycles. The lowest BCUT2D eigenvalue weighted by Crippen LogP contribution is -2.41. The molecule has 0 heterocycles. The minimum atomic E-state index is -0.565. The third-order valence-electron chi connectivity index (χ3n) is 8.59. The lowest BCUT2D eigenvalue weighted by molar-refractivity contribution is 0.497. The Morgan fingerprint density at radius 1 is 0.409 bits per heavy atom. The molecule has 0 N–H and O–H groups in total. The lowest BCUT2D eigenvalue weighted by atomic mass is 9.70. The van der Waals surface area contributed by atoms with Crippen LogP contribution in [0.4, 0.5) is 0 Å². The fourth-order valence-corrected chi connectivity index (χ4v) is 12.5. The van der Waals surface area contributed by atoms with E-state index < -0.39 is 15.8 Å². The van der Waals surface area contributed by atoms with Gasteiger partial charge in [-0.05, 0) is 72.6 Å². The topological polar surface area (TPSA) is 0 Å². The van der Waals surface area contributed by atoms with E-state index >= 15 is 0 Å². The molecule has 0 aromatic heterocycles. The van der Waals surface area contributed by atoms with Gasteiger partial charge in [-0.3, -0.25) is 0 Å². The van der Waals surface area contributed by atoms with E-state index in [2.05, 4.69) is 191 Å². The first-order valence-corrected chi connectivity index (χ1v) is 19.1. The van der Waals surface area contributed by atoms with E-state index in [1.165, 1.54) is 32.3 Å². The van der Waals surface area contributed by atoms with E-state index in [4.69, 9.17) is 0 Å². The number of hydrogen-bond donors (Lipinski definition) is 0. The molecule has 0 spiro atoms. The maximum Gasteiger partial charge on any atom is 0.0272 e.